The zero-order valence-corrected chi connectivity index (χ0v) is 10.4. The van der Waals surface area contributed by atoms with Crippen molar-refractivity contribution in [3.63, 3.8) is 0 Å². The Morgan fingerprint density at radius 2 is 1.86 bits per heavy atom. The molecule has 0 fully saturated rings. The van der Waals surface area contributed by atoms with E-state index in [1.54, 1.807) is 24.3 Å². The molecule has 21 heavy (non-hydrogen) atoms. The summed E-state index contributed by atoms with van der Waals surface area (Å²) in [5.74, 6) is -1.95. The van der Waals surface area contributed by atoms with Crippen LogP contribution >= 0.6 is 0 Å². The first kappa shape index (κ1) is 12.9. The molecular formula is C14H6F2N4O. The van der Waals surface area contributed by atoms with Crippen LogP contribution < -0.4 is 0 Å². The van der Waals surface area contributed by atoms with Gasteiger partial charge in [0.1, 0.15) is 0 Å². The highest BCUT2D eigenvalue weighted by Crippen LogP contribution is 2.25. The number of nitrogens with zero attached hydrogens (tertiary/aromatic N) is 4. The summed E-state index contributed by atoms with van der Waals surface area (Å²) in [6, 6.07) is 10.7. The molecule has 0 aliphatic rings. The topological polar surface area (TPSA) is 75.6 Å². The van der Waals surface area contributed by atoms with Gasteiger partial charge < -0.3 is 4.42 Å². The summed E-state index contributed by atoms with van der Waals surface area (Å²) in [6.45, 7) is 0. The fourth-order valence-corrected chi connectivity index (χ4v) is 1.74. The molecule has 0 spiro atoms. The summed E-state index contributed by atoms with van der Waals surface area (Å²) in [7, 11) is 0. The van der Waals surface area contributed by atoms with Gasteiger partial charge in [0.2, 0.25) is 17.8 Å². The van der Waals surface area contributed by atoms with E-state index in [2.05, 4.69) is 15.2 Å². The number of benzene rings is 1. The Balaban J connectivity index is 2.02. The van der Waals surface area contributed by atoms with Crippen molar-refractivity contribution in [3.8, 4) is 29.0 Å². The van der Waals surface area contributed by atoms with E-state index in [1.807, 2.05) is 6.07 Å². The van der Waals surface area contributed by atoms with Crippen LogP contribution in [0.2, 0.25) is 0 Å². The van der Waals surface area contributed by atoms with Crippen molar-refractivity contribution in [3.05, 3.63) is 53.9 Å². The van der Waals surface area contributed by atoms with E-state index >= 15 is 0 Å². The molecule has 0 radical (unpaired) electrons. The molecule has 7 heteroatoms. The molecule has 0 bridgehead atoms. The second-order valence-electron chi connectivity index (χ2n) is 4.08. The van der Waals surface area contributed by atoms with E-state index in [4.69, 9.17) is 9.68 Å². The molecule has 0 saturated heterocycles. The van der Waals surface area contributed by atoms with Crippen LogP contribution in [-0.4, -0.2) is 15.2 Å². The van der Waals surface area contributed by atoms with Gasteiger partial charge in [0.05, 0.1) is 17.2 Å². The lowest BCUT2D eigenvalue weighted by Crippen LogP contribution is -1.92. The van der Waals surface area contributed by atoms with Gasteiger partial charge in [-0.25, -0.2) is 0 Å². The van der Waals surface area contributed by atoms with E-state index in [9.17, 15) is 8.78 Å². The van der Waals surface area contributed by atoms with Gasteiger partial charge in [0.15, 0.2) is 0 Å². The van der Waals surface area contributed by atoms with Gasteiger partial charge in [-0.2, -0.15) is 19.0 Å². The molecule has 3 rings (SSSR count). The molecule has 2 heterocycles. The highest BCUT2D eigenvalue weighted by atomic mass is 19.1. The molecule has 0 N–H and O–H groups in total. The molecule has 5 nitrogen and oxygen atoms in total. The van der Waals surface area contributed by atoms with Crippen molar-refractivity contribution in [2.45, 2.75) is 0 Å². The summed E-state index contributed by atoms with van der Waals surface area (Å²) >= 11 is 0. The lowest BCUT2D eigenvalue weighted by molar-refractivity contribution is 0.507. The lowest BCUT2D eigenvalue weighted by atomic mass is 10.1. The molecule has 0 amide bonds. The summed E-state index contributed by atoms with van der Waals surface area (Å²) in [6.07, 6.45) is 0. The normalized spacial score (nSPS) is 10.3. The number of aromatic nitrogens is 3. The highest BCUT2D eigenvalue weighted by molar-refractivity contribution is 5.59. The maximum Gasteiger partial charge on any atom is 0.252 e. The van der Waals surface area contributed by atoms with Crippen LogP contribution in [0.3, 0.4) is 0 Å². The number of halogens is 2. The second-order valence-corrected chi connectivity index (χ2v) is 4.08. The third-order valence-electron chi connectivity index (χ3n) is 2.71. The fraction of sp³-hybridized carbons (Fsp3) is 0. The summed E-state index contributed by atoms with van der Waals surface area (Å²) < 4.78 is 31.7. The minimum Gasteiger partial charge on any atom is -0.416 e. The van der Waals surface area contributed by atoms with E-state index in [0.29, 0.717) is 11.1 Å². The van der Waals surface area contributed by atoms with E-state index in [1.165, 1.54) is 6.07 Å². The van der Waals surface area contributed by atoms with Crippen LogP contribution in [0.5, 0.6) is 0 Å². The number of hydrogen-bond donors (Lipinski definition) is 0. The zero-order valence-electron chi connectivity index (χ0n) is 10.4. The quantitative estimate of drug-likeness (QED) is 0.676. The molecule has 102 valence electrons. The largest absolute Gasteiger partial charge is 0.416 e. The van der Waals surface area contributed by atoms with Gasteiger partial charge in [-0.1, -0.05) is 6.07 Å². The predicted molar refractivity (Wildman–Crippen MR) is 67.6 cm³/mol. The van der Waals surface area contributed by atoms with Crippen LogP contribution in [0.15, 0.2) is 40.8 Å². The smallest absolute Gasteiger partial charge is 0.252 e. The molecule has 2 aromatic heterocycles. The average molecular weight is 284 g/mol. The van der Waals surface area contributed by atoms with Gasteiger partial charge in [-0.05, 0) is 30.3 Å². The molecule has 3 aromatic rings. The molecule has 1 aromatic carbocycles. The summed E-state index contributed by atoms with van der Waals surface area (Å²) in [5.41, 5.74) is 0.872. The first-order chi connectivity index (χ1) is 10.2. The van der Waals surface area contributed by atoms with Gasteiger partial charge in [-0.3, -0.25) is 0 Å². The van der Waals surface area contributed by atoms with Crippen molar-refractivity contribution < 1.29 is 13.2 Å². The Labute approximate surface area is 117 Å². The predicted octanol–water partition coefficient (Wildman–Crippen LogP) is 2.95. The van der Waals surface area contributed by atoms with Crippen molar-refractivity contribution in [2.24, 2.45) is 0 Å². The average Bonchev–Trinajstić information content (AvgIpc) is 2.97. The fourth-order valence-electron chi connectivity index (χ4n) is 1.74. The van der Waals surface area contributed by atoms with Crippen molar-refractivity contribution in [1.82, 2.24) is 15.2 Å². The third kappa shape index (κ3) is 2.47. The van der Waals surface area contributed by atoms with Gasteiger partial charge in [-0.15, -0.1) is 10.2 Å². The minimum absolute atomic E-state index is 0.0911. The van der Waals surface area contributed by atoms with Crippen molar-refractivity contribution in [1.29, 1.82) is 5.26 Å². The van der Waals surface area contributed by atoms with Crippen LogP contribution in [-0.2, 0) is 0 Å². The number of pyridine rings is 1. The second kappa shape index (κ2) is 5.09. The monoisotopic (exact) mass is 284 g/mol. The molecule has 0 aliphatic heterocycles. The molecule has 0 atom stereocenters. The van der Waals surface area contributed by atoms with E-state index in [-0.39, 0.29) is 17.3 Å². The molecule has 0 unspecified atom stereocenters. The Hall–Kier alpha value is -3.14. The van der Waals surface area contributed by atoms with E-state index in [0.717, 1.165) is 6.07 Å². The first-order valence-corrected chi connectivity index (χ1v) is 5.84. The van der Waals surface area contributed by atoms with Gasteiger partial charge >= 0.3 is 0 Å². The summed E-state index contributed by atoms with van der Waals surface area (Å²) in [5, 5.41) is 16.3. The minimum atomic E-state index is -1.03. The molecule has 0 saturated carbocycles. The first-order valence-electron chi connectivity index (χ1n) is 5.84. The van der Waals surface area contributed by atoms with E-state index < -0.39 is 11.9 Å². The van der Waals surface area contributed by atoms with Crippen LogP contribution in [0.1, 0.15) is 5.56 Å². The maximum atomic E-state index is 13.5. The number of hydrogen-bond acceptors (Lipinski definition) is 5. The van der Waals surface area contributed by atoms with Gasteiger partial charge in [0, 0.05) is 5.56 Å². The Kier molecular flexibility index (Phi) is 3.12. The van der Waals surface area contributed by atoms with Crippen LogP contribution in [0.4, 0.5) is 8.78 Å². The Morgan fingerprint density at radius 1 is 1.05 bits per heavy atom. The Morgan fingerprint density at radius 3 is 2.62 bits per heavy atom. The lowest BCUT2D eigenvalue weighted by Gasteiger charge is -1.97. The van der Waals surface area contributed by atoms with Crippen molar-refractivity contribution >= 4 is 0 Å². The SMILES string of the molecule is N#Cc1cccc(-c2nnc(-c3ccc(F)nc3F)o2)c1. The van der Waals surface area contributed by atoms with Gasteiger partial charge in [0.25, 0.3) is 5.89 Å². The summed E-state index contributed by atoms with van der Waals surface area (Å²) in [4.78, 5) is 3.06. The zero-order chi connectivity index (χ0) is 14.8. The third-order valence-corrected chi connectivity index (χ3v) is 2.71. The highest BCUT2D eigenvalue weighted by Gasteiger charge is 2.15. The Bertz CT molecular complexity index is 854. The molecular weight excluding hydrogens is 278 g/mol. The number of nitriles is 1. The van der Waals surface area contributed by atoms with Crippen molar-refractivity contribution in [2.75, 3.05) is 0 Å². The maximum absolute atomic E-state index is 13.5. The standard InChI is InChI=1S/C14H6F2N4O/c15-11-5-4-10(12(16)18-11)14-20-19-13(21-14)9-3-1-2-8(6-9)7-17/h1-6H. The van der Waals surface area contributed by atoms with Crippen LogP contribution in [0, 0.1) is 23.2 Å². The van der Waals surface area contributed by atoms with Crippen LogP contribution in [0.25, 0.3) is 22.9 Å². The number of rotatable bonds is 2. The molecule has 0 aliphatic carbocycles.